The lowest BCUT2D eigenvalue weighted by Gasteiger charge is -2.10. The summed E-state index contributed by atoms with van der Waals surface area (Å²) in [5.41, 5.74) is 2.66. The van der Waals surface area contributed by atoms with Crippen molar-refractivity contribution in [3.63, 3.8) is 0 Å². The standard InChI is InChI=1S/C17H12N2O2/c20-17(21)15-14(12-7-3-1-4-8-12)11-18-19-16(15)13-9-5-2-6-10-13/h1-11H,(H,20,21). The van der Waals surface area contributed by atoms with E-state index in [0.717, 1.165) is 11.1 Å². The molecular weight excluding hydrogens is 264 g/mol. The second-order valence-corrected chi connectivity index (χ2v) is 4.52. The van der Waals surface area contributed by atoms with Gasteiger partial charge in [-0.05, 0) is 5.56 Å². The van der Waals surface area contributed by atoms with E-state index in [0.29, 0.717) is 11.3 Å². The molecule has 0 radical (unpaired) electrons. The van der Waals surface area contributed by atoms with Crippen molar-refractivity contribution in [2.24, 2.45) is 0 Å². The molecule has 4 heteroatoms. The van der Waals surface area contributed by atoms with Gasteiger partial charge >= 0.3 is 5.97 Å². The van der Waals surface area contributed by atoms with Crippen LogP contribution in [0.15, 0.2) is 66.9 Å². The van der Waals surface area contributed by atoms with Crippen molar-refractivity contribution >= 4 is 5.97 Å². The van der Waals surface area contributed by atoms with Crippen LogP contribution in [0.1, 0.15) is 10.4 Å². The van der Waals surface area contributed by atoms with Crippen LogP contribution in [0.5, 0.6) is 0 Å². The molecule has 0 spiro atoms. The third-order valence-corrected chi connectivity index (χ3v) is 3.20. The van der Waals surface area contributed by atoms with Crippen molar-refractivity contribution in [2.45, 2.75) is 0 Å². The minimum Gasteiger partial charge on any atom is -0.478 e. The highest BCUT2D eigenvalue weighted by atomic mass is 16.4. The number of hydrogen-bond donors (Lipinski definition) is 1. The van der Waals surface area contributed by atoms with E-state index < -0.39 is 5.97 Å². The normalized spacial score (nSPS) is 10.3. The molecule has 3 rings (SSSR count). The molecule has 0 aliphatic heterocycles. The van der Waals surface area contributed by atoms with Crippen LogP contribution in [-0.4, -0.2) is 21.3 Å². The molecule has 3 aromatic rings. The van der Waals surface area contributed by atoms with Gasteiger partial charge in [0.1, 0.15) is 5.69 Å². The second kappa shape index (κ2) is 5.54. The molecule has 0 bridgehead atoms. The van der Waals surface area contributed by atoms with Crippen LogP contribution in [0, 0.1) is 0 Å². The van der Waals surface area contributed by atoms with E-state index in [1.807, 2.05) is 60.7 Å². The Labute approximate surface area is 121 Å². The van der Waals surface area contributed by atoms with Crippen LogP contribution in [0.25, 0.3) is 22.4 Å². The molecule has 4 nitrogen and oxygen atoms in total. The Kier molecular flexibility index (Phi) is 3.43. The lowest BCUT2D eigenvalue weighted by Crippen LogP contribution is -2.06. The van der Waals surface area contributed by atoms with Gasteiger partial charge in [-0.1, -0.05) is 60.7 Å². The minimum atomic E-state index is -1.01. The van der Waals surface area contributed by atoms with Gasteiger partial charge in [0.25, 0.3) is 0 Å². The van der Waals surface area contributed by atoms with Crippen LogP contribution in [0.2, 0.25) is 0 Å². The van der Waals surface area contributed by atoms with E-state index >= 15 is 0 Å². The summed E-state index contributed by atoms with van der Waals surface area (Å²) in [6, 6.07) is 18.5. The first-order valence-corrected chi connectivity index (χ1v) is 6.47. The van der Waals surface area contributed by atoms with Gasteiger partial charge in [0.05, 0.1) is 11.8 Å². The zero-order chi connectivity index (χ0) is 14.7. The molecule has 0 aliphatic carbocycles. The van der Waals surface area contributed by atoms with Gasteiger partial charge in [0, 0.05) is 11.1 Å². The first-order valence-electron chi connectivity index (χ1n) is 6.47. The lowest BCUT2D eigenvalue weighted by molar-refractivity contribution is 0.0698. The molecular formula is C17H12N2O2. The summed E-state index contributed by atoms with van der Waals surface area (Å²) in [5, 5.41) is 17.6. The Morgan fingerprint density at radius 2 is 1.43 bits per heavy atom. The summed E-state index contributed by atoms with van der Waals surface area (Å²) < 4.78 is 0. The highest BCUT2D eigenvalue weighted by Gasteiger charge is 2.19. The van der Waals surface area contributed by atoms with Crippen molar-refractivity contribution in [3.05, 3.63) is 72.4 Å². The van der Waals surface area contributed by atoms with Crippen LogP contribution in [0.4, 0.5) is 0 Å². The Morgan fingerprint density at radius 3 is 2.00 bits per heavy atom. The second-order valence-electron chi connectivity index (χ2n) is 4.52. The summed E-state index contributed by atoms with van der Waals surface area (Å²) in [6.07, 6.45) is 1.49. The Balaban J connectivity index is 2.26. The largest absolute Gasteiger partial charge is 0.478 e. The zero-order valence-electron chi connectivity index (χ0n) is 11.1. The van der Waals surface area contributed by atoms with Gasteiger partial charge in [-0.15, -0.1) is 5.10 Å². The molecule has 0 unspecified atom stereocenters. The summed E-state index contributed by atoms with van der Waals surface area (Å²) in [7, 11) is 0. The molecule has 0 atom stereocenters. The highest BCUT2D eigenvalue weighted by molar-refractivity contribution is 6.01. The SMILES string of the molecule is O=C(O)c1c(-c2ccccc2)cnnc1-c1ccccc1. The fraction of sp³-hybridized carbons (Fsp3) is 0. The molecule has 0 saturated heterocycles. The first-order chi connectivity index (χ1) is 10.3. The highest BCUT2D eigenvalue weighted by Crippen LogP contribution is 2.29. The molecule has 0 saturated carbocycles. The van der Waals surface area contributed by atoms with Gasteiger partial charge in [-0.3, -0.25) is 0 Å². The number of benzene rings is 2. The summed E-state index contributed by atoms with van der Waals surface area (Å²) in [6.45, 7) is 0. The number of aromatic carboxylic acids is 1. The molecule has 102 valence electrons. The predicted octanol–water partition coefficient (Wildman–Crippen LogP) is 3.51. The fourth-order valence-electron chi connectivity index (χ4n) is 2.24. The van der Waals surface area contributed by atoms with E-state index in [1.54, 1.807) is 0 Å². The number of rotatable bonds is 3. The maximum absolute atomic E-state index is 11.7. The number of hydrogen-bond acceptors (Lipinski definition) is 3. The topological polar surface area (TPSA) is 63.1 Å². The number of carboxylic acid groups (broad SMARTS) is 1. The average molecular weight is 276 g/mol. The van der Waals surface area contributed by atoms with Crippen molar-refractivity contribution in [1.82, 2.24) is 10.2 Å². The van der Waals surface area contributed by atoms with Gasteiger partial charge in [0.2, 0.25) is 0 Å². The predicted molar refractivity (Wildman–Crippen MR) is 79.9 cm³/mol. The van der Waals surface area contributed by atoms with Crippen molar-refractivity contribution in [2.75, 3.05) is 0 Å². The van der Waals surface area contributed by atoms with Crippen LogP contribution in [-0.2, 0) is 0 Å². The van der Waals surface area contributed by atoms with Crippen molar-refractivity contribution < 1.29 is 9.90 Å². The van der Waals surface area contributed by atoms with Gasteiger partial charge in [-0.25, -0.2) is 4.79 Å². The monoisotopic (exact) mass is 276 g/mol. The first kappa shape index (κ1) is 13.0. The van der Waals surface area contributed by atoms with E-state index in [2.05, 4.69) is 10.2 Å². The number of aromatic nitrogens is 2. The van der Waals surface area contributed by atoms with Crippen molar-refractivity contribution in [3.8, 4) is 22.4 Å². The number of carbonyl (C=O) groups is 1. The van der Waals surface area contributed by atoms with Crippen molar-refractivity contribution in [1.29, 1.82) is 0 Å². The van der Waals surface area contributed by atoms with Crippen LogP contribution < -0.4 is 0 Å². The summed E-state index contributed by atoms with van der Waals surface area (Å²) in [4.78, 5) is 11.7. The summed E-state index contributed by atoms with van der Waals surface area (Å²) in [5.74, 6) is -1.01. The maximum Gasteiger partial charge on any atom is 0.338 e. The quantitative estimate of drug-likeness (QED) is 0.795. The average Bonchev–Trinajstić information content (AvgIpc) is 2.55. The van der Waals surface area contributed by atoms with Crippen LogP contribution >= 0.6 is 0 Å². The maximum atomic E-state index is 11.7. The lowest BCUT2D eigenvalue weighted by atomic mass is 9.97. The van der Waals surface area contributed by atoms with E-state index in [9.17, 15) is 9.90 Å². The zero-order valence-corrected chi connectivity index (χ0v) is 11.1. The number of carboxylic acids is 1. The molecule has 2 aromatic carbocycles. The Hall–Kier alpha value is -3.01. The fourth-order valence-corrected chi connectivity index (χ4v) is 2.24. The van der Waals surface area contributed by atoms with Gasteiger partial charge < -0.3 is 5.11 Å². The molecule has 1 heterocycles. The minimum absolute atomic E-state index is 0.169. The van der Waals surface area contributed by atoms with E-state index in [4.69, 9.17) is 0 Å². The third kappa shape index (κ3) is 2.51. The van der Waals surface area contributed by atoms with Gasteiger partial charge in [-0.2, -0.15) is 5.10 Å². The Morgan fingerprint density at radius 1 is 0.857 bits per heavy atom. The Bertz CT molecular complexity index is 714. The van der Waals surface area contributed by atoms with E-state index in [-0.39, 0.29) is 5.56 Å². The molecule has 1 aromatic heterocycles. The molecule has 0 amide bonds. The third-order valence-electron chi connectivity index (χ3n) is 3.20. The molecule has 0 fully saturated rings. The van der Waals surface area contributed by atoms with Gasteiger partial charge in [0.15, 0.2) is 0 Å². The number of nitrogens with zero attached hydrogens (tertiary/aromatic N) is 2. The smallest absolute Gasteiger partial charge is 0.338 e. The molecule has 0 aliphatic rings. The van der Waals surface area contributed by atoms with Crippen LogP contribution in [0.3, 0.4) is 0 Å². The molecule has 21 heavy (non-hydrogen) atoms. The molecule has 1 N–H and O–H groups in total. The van der Waals surface area contributed by atoms with E-state index in [1.165, 1.54) is 6.20 Å². The summed E-state index contributed by atoms with van der Waals surface area (Å²) >= 11 is 0.